The van der Waals surface area contributed by atoms with Gasteiger partial charge in [-0.3, -0.25) is 19.2 Å². The van der Waals surface area contributed by atoms with Crippen LogP contribution in [0.25, 0.3) is 0 Å². The summed E-state index contributed by atoms with van der Waals surface area (Å²) in [6, 6.07) is 0. The van der Waals surface area contributed by atoms with Crippen molar-refractivity contribution in [2.75, 3.05) is 6.54 Å². The van der Waals surface area contributed by atoms with E-state index >= 15 is 0 Å². The van der Waals surface area contributed by atoms with Crippen LogP contribution in [0, 0.1) is 5.92 Å². The second kappa shape index (κ2) is 30.7. The number of unbranched alkanes of at least 4 members (excludes halogenated alkanes) is 20. The highest BCUT2D eigenvalue weighted by Gasteiger charge is 2.22. The highest BCUT2D eigenvalue weighted by atomic mass is 16.4. The first-order valence-corrected chi connectivity index (χ1v) is 17.9. The molecule has 0 aliphatic heterocycles. The summed E-state index contributed by atoms with van der Waals surface area (Å²) in [6.45, 7) is 4.66. The van der Waals surface area contributed by atoms with Gasteiger partial charge < -0.3 is 10.4 Å². The molecule has 1 unspecified atom stereocenters. The molecule has 6 nitrogen and oxygen atoms in total. The van der Waals surface area contributed by atoms with Crippen LogP contribution >= 0.6 is 0 Å². The van der Waals surface area contributed by atoms with Crippen molar-refractivity contribution in [3.63, 3.8) is 0 Å². The molecular weight excluding hydrogens is 526 g/mol. The number of carboxylic acids is 1. The third-order valence-electron chi connectivity index (χ3n) is 8.36. The van der Waals surface area contributed by atoms with Gasteiger partial charge in [0.1, 0.15) is 11.6 Å². The van der Waals surface area contributed by atoms with E-state index in [1.165, 1.54) is 103 Å². The molecule has 0 aromatic carbocycles. The van der Waals surface area contributed by atoms with Crippen LogP contribution in [-0.4, -0.2) is 35.1 Å². The summed E-state index contributed by atoms with van der Waals surface area (Å²) in [5.74, 6) is -1.46. The highest BCUT2D eigenvalue weighted by Crippen LogP contribution is 2.17. The lowest BCUT2D eigenvalue weighted by Gasteiger charge is -2.16. The Kier molecular flexibility index (Phi) is 29.5. The average Bonchev–Trinajstić information content (AvgIpc) is 2.96. The Labute approximate surface area is 259 Å². The van der Waals surface area contributed by atoms with E-state index in [9.17, 15) is 19.2 Å². The third-order valence-corrected chi connectivity index (χ3v) is 8.36. The minimum absolute atomic E-state index is 0.0495. The molecule has 0 fully saturated rings. The second-order valence-corrected chi connectivity index (χ2v) is 12.5. The van der Waals surface area contributed by atoms with Crippen molar-refractivity contribution in [3.05, 3.63) is 0 Å². The fourth-order valence-corrected chi connectivity index (χ4v) is 5.56. The van der Waals surface area contributed by atoms with Crippen molar-refractivity contribution in [2.24, 2.45) is 5.92 Å². The first-order valence-electron chi connectivity index (χ1n) is 17.9. The van der Waals surface area contributed by atoms with E-state index in [0.717, 1.165) is 38.5 Å². The molecule has 0 spiro atoms. The number of carbonyl (C=O) groups is 4. The SMILES string of the molecule is CCCCCCCCCCCCCC(=O)CC(CNC(=O)CCCC(=O)O)C(=O)CCCCCCCCCCCCC. The molecule has 42 heavy (non-hydrogen) atoms. The number of Topliss-reactive ketones (excluding diaryl/α,β-unsaturated/α-hetero) is 2. The van der Waals surface area contributed by atoms with Crippen LogP contribution in [0.4, 0.5) is 0 Å². The van der Waals surface area contributed by atoms with E-state index in [0.29, 0.717) is 12.8 Å². The van der Waals surface area contributed by atoms with E-state index in [2.05, 4.69) is 19.2 Å². The van der Waals surface area contributed by atoms with Crippen molar-refractivity contribution >= 4 is 23.4 Å². The highest BCUT2D eigenvalue weighted by molar-refractivity contribution is 5.88. The molecule has 0 heterocycles. The topological polar surface area (TPSA) is 101 Å². The standard InChI is InChI=1S/C36H67NO5/c1-3-5-7-9-11-13-15-17-19-21-23-26-33(38)30-32(31-37-35(40)28-25-29-36(41)42)34(39)27-24-22-20-18-16-14-12-10-8-6-4-2/h32H,3-31H2,1-2H3,(H,37,40)(H,41,42). The molecule has 0 aliphatic rings. The van der Waals surface area contributed by atoms with Gasteiger partial charge in [0, 0.05) is 44.6 Å². The van der Waals surface area contributed by atoms with Gasteiger partial charge in [-0.05, 0) is 19.3 Å². The number of carbonyl (C=O) groups excluding carboxylic acids is 3. The minimum Gasteiger partial charge on any atom is -0.481 e. The lowest BCUT2D eigenvalue weighted by atomic mass is 9.92. The Morgan fingerprint density at radius 3 is 1.33 bits per heavy atom. The predicted octanol–water partition coefficient (Wildman–Crippen LogP) is 9.90. The smallest absolute Gasteiger partial charge is 0.303 e. The Morgan fingerprint density at radius 1 is 0.500 bits per heavy atom. The van der Waals surface area contributed by atoms with Crippen molar-refractivity contribution < 1.29 is 24.3 Å². The summed E-state index contributed by atoms with van der Waals surface area (Å²) in [6.07, 6.45) is 28.6. The lowest BCUT2D eigenvalue weighted by Crippen LogP contribution is -2.34. The largest absolute Gasteiger partial charge is 0.481 e. The lowest BCUT2D eigenvalue weighted by molar-refractivity contribution is -0.137. The first kappa shape index (κ1) is 40.3. The van der Waals surface area contributed by atoms with E-state index in [1.807, 2.05) is 0 Å². The molecular formula is C36H67NO5. The van der Waals surface area contributed by atoms with Crippen LogP contribution in [0.2, 0.25) is 0 Å². The summed E-state index contributed by atoms with van der Waals surface area (Å²) in [4.78, 5) is 48.7. The molecule has 0 saturated carbocycles. The number of nitrogens with one attached hydrogen (secondary N) is 1. The van der Waals surface area contributed by atoms with Gasteiger partial charge >= 0.3 is 5.97 Å². The summed E-state index contributed by atoms with van der Waals surface area (Å²) in [5.41, 5.74) is 0. The fraction of sp³-hybridized carbons (Fsp3) is 0.889. The maximum absolute atomic E-state index is 13.0. The molecule has 0 bridgehead atoms. The Balaban J connectivity index is 4.31. The molecule has 1 atom stereocenters. The summed E-state index contributed by atoms with van der Waals surface area (Å²) in [5, 5.41) is 11.6. The summed E-state index contributed by atoms with van der Waals surface area (Å²) < 4.78 is 0. The average molecular weight is 594 g/mol. The zero-order valence-electron chi connectivity index (χ0n) is 27.7. The Morgan fingerprint density at radius 2 is 0.905 bits per heavy atom. The molecule has 0 aromatic heterocycles. The van der Waals surface area contributed by atoms with Crippen LogP contribution in [0.1, 0.15) is 194 Å². The molecule has 0 radical (unpaired) electrons. The monoisotopic (exact) mass is 594 g/mol. The zero-order chi connectivity index (χ0) is 31.1. The van der Waals surface area contributed by atoms with Crippen LogP contribution in [0.5, 0.6) is 0 Å². The normalized spacial score (nSPS) is 11.9. The quantitative estimate of drug-likeness (QED) is 0.0737. The van der Waals surface area contributed by atoms with Crippen LogP contribution in [0.15, 0.2) is 0 Å². The van der Waals surface area contributed by atoms with Crippen molar-refractivity contribution in [1.82, 2.24) is 5.32 Å². The zero-order valence-corrected chi connectivity index (χ0v) is 27.7. The molecule has 2 N–H and O–H groups in total. The Hall–Kier alpha value is -1.72. The maximum atomic E-state index is 13.0. The van der Waals surface area contributed by atoms with E-state index < -0.39 is 11.9 Å². The summed E-state index contributed by atoms with van der Waals surface area (Å²) >= 11 is 0. The van der Waals surface area contributed by atoms with Gasteiger partial charge in [-0.2, -0.15) is 0 Å². The maximum Gasteiger partial charge on any atom is 0.303 e. The van der Waals surface area contributed by atoms with Crippen molar-refractivity contribution in [1.29, 1.82) is 0 Å². The van der Waals surface area contributed by atoms with Gasteiger partial charge in [0.2, 0.25) is 5.91 Å². The summed E-state index contributed by atoms with van der Waals surface area (Å²) in [7, 11) is 0. The number of rotatable bonds is 33. The van der Waals surface area contributed by atoms with Gasteiger partial charge in [0.25, 0.3) is 0 Å². The van der Waals surface area contributed by atoms with E-state index in [4.69, 9.17) is 5.11 Å². The van der Waals surface area contributed by atoms with E-state index in [1.54, 1.807) is 0 Å². The molecule has 1 amide bonds. The molecule has 0 saturated heterocycles. The number of amides is 1. The number of hydrogen-bond acceptors (Lipinski definition) is 4. The predicted molar refractivity (Wildman–Crippen MR) is 175 cm³/mol. The molecule has 0 rings (SSSR count). The molecule has 0 aliphatic carbocycles. The van der Waals surface area contributed by atoms with Gasteiger partial charge in [-0.25, -0.2) is 0 Å². The number of aliphatic carboxylic acids is 1. The van der Waals surface area contributed by atoms with Gasteiger partial charge in [0.15, 0.2) is 0 Å². The van der Waals surface area contributed by atoms with Gasteiger partial charge in [-0.1, -0.05) is 142 Å². The fourth-order valence-electron chi connectivity index (χ4n) is 5.56. The number of carboxylic acid groups (broad SMARTS) is 1. The van der Waals surface area contributed by atoms with Crippen molar-refractivity contribution in [3.8, 4) is 0 Å². The van der Waals surface area contributed by atoms with Crippen molar-refractivity contribution in [2.45, 2.75) is 194 Å². The van der Waals surface area contributed by atoms with Gasteiger partial charge in [0.05, 0.1) is 0 Å². The minimum atomic E-state index is -0.921. The third kappa shape index (κ3) is 28.4. The molecule has 6 heteroatoms. The van der Waals surface area contributed by atoms with Crippen LogP contribution < -0.4 is 5.32 Å². The van der Waals surface area contributed by atoms with E-state index in [-0.39, 0.29) is 49.7 Å². The first-order chi connectivity index (χ1) is 20.4. The Bertz CT molecular complexity index is 678. The van der Waals surface area contributed by atoms with Gasteiger partial charge in [-0.15, -0.1) is 0 Å². The van der Waals surface area contributed by atoms with Crippen LogP contribution in [0.3, 0.4) is 0 Å². The number of hydrogen-bond donors (Lipinski definition) is 2. The molecule has 0 aromatic rings. The van der Waals surface area contributed by atoms with Crippen LogP contribution in [-0.2, 0) is 19.2 Å². The molecule has 246 valence electrons. The number of ketones is 2. The second-order valence-electron chi connectivity index (χ2n) is 12.5.